The van der Waals surface area contributed by atoms with Crippen molar-refractivity contribution in [3.05, 3.63) is 70.0 Å². The highest BCUT2D eigenvalue weighted by Crippen LogP contribution is 2.24. The summed E-state index contributed by atoms with van der Waals surface area (Å²) in [6.45, 7) is 7.06. The Labute approximate surface area is 196 Å². The maximum Gasteiger partial charge on any atom is 0.271 e. The molecule has 10 heteroatoms. The Morgan fingerprint density at radius 3 is 2.67 bits per heavy atom. The molecule has 0 saturated carbocycles. The molecule has 9 nitrogen and oxygen atoms in total. The van der Waals surface area contributed by atoms with Crippen molar-refractivity contribution in [3.8, 4) is 5.75 Å². The van der Waals surface area contributed by atoms with E-state index < -0.39 is 4.92 Å². The fraction of sp³-hybridized carbons (Fsp3) is 0.348. The number of ether oxygens (including phenoxy) is 1. The number of carbonyl (C=O) groups excluding carboxylic acids is 1. The molecule has 0 aliphatic heterocycles. The summed E-state index contributed by atoms with van der Waals surface area (Å²) in [6, 6.07) is 13.9. The van der Waals surface area contributed by atoms with E-state index in [0.717, 1.165) is 17.7 Å². The van der Waals surface area contributed by atoms with Crippen LogP contribution in [0.4, 0.5) is 11.4 Å². The van der Waals surface area contributed by atoms with Gasteiger partial charge in [-0.3, -0.25) is 14.9 Å². The first-order valence-electron chi connectivity index (χ1n) is 10.6. The molecule has 0 spiro atoms. The Hall–Kier alpha value is -3.40. The Kier molecular flexibility index (Phi) is 8.42. The van der Waals surface area contributed by atoms with Gasteiger partial charge in [-0.05, 0) is 37.0 Å². The molecular weight excluding hydrogens is 442 g/mol. The lowest BCUT2D eigenvalue weighted by molar-refractivity contribution is -0.384. The second-order valence-electron chi connectivity index (χ2n) is 7.93. The number of nitrogens with zero attached hydrogens (tertiary/aromatic N) is 4. The molecule has 0 aliphatic rings. The van der Waals surface area contributed by atoms with Crippen LogP contribution in [0.3, 0.4) is 0 Å². The van der Waals surface area contributed by atoms with E-state index in [1.807, 2.05) is 34.9 Å². The summed E-state index contributed by atoms with van der Waals surface area (Å²) in [5.41, 5.74) is 1.10. The standard InChI is InChI=1S/C23H27N5O4S/c1-16(2)11-12-27-21(14-32-19-7-5-4-6-8-19)25-26-23(27)33-15-22(29)24-20-13-18(28(30)31)10-9-17(20)3/h4-10,13,16H,11-12,14-15H2,1-3H3,(H,24,29). The number of amides is 1. The van der Waals surface area contributed by atoms with Gasteiger partial charge >= 0.3 is 0 Å². The van der Waals surface area contributed by atoms with E-state index in [1.54, 1.807) is 13.0 Å². The number of anilines is 1. The van der Waals surface area contributed by atoms with Gasteiger partial charge in [-0.2, -0.15) is 0 Å². The topological polar surface area (TPSA) is 112 Å². The van der Waals surface area contributed by atoms with Gasteiger partial charge in [0.1, 0.15) is 12.4 Å². The predicted octanol–water partition coefficient (Wildman–Crippen LogP) is 4.85. The highest BCUT2D eigenvalue weighted by atomic mass is 32.2. The number of carbonyl (C=O) groups is 1. The number of thioether (sulfide) groups is 1. The second-order valence-corrected chi connectivity index (χ2v) is 8.87. The first-order valence-corrected chi connectivity index (χ1v) is 11.6. The molecule has 3 rings (SSSR count). The summed E-state index contributed by atoms with van der Waals surface area (Å²) in [5.74, 6) is 1.76. The quantitative estimate of drug-likeness (QED) is 0.243. The summed E-state index contributed by atoms with van der Waals surface area (Å²) in [7, 11) is 0. The Bertz CT molecular complexity index is 1100. The summed E-state index contributed by atoms with van der Waals surface area (Å²) < 4.78 is 7.82. The lowest BCUT2D eigenvalue weighted by atomic mass is 10.1. The largest absolute Gasteiger partial charge is 0.486 e. The van der Waals surface area contributed by atoms with Crippen molar-refractivity contribution in [1.82, 2.24) is 14.8 Å². The number of para-hydroxylation sites is 1. The molecule has 1 heterocycles. The molecule has 33 heavy (non-hydrogen) atoms. The van der Waals surface area contributed by atoms with Crippen molar-refractivity contribution in [2.24, 2.45) is 5.92 Å². The normalized spacial score (nSPS) is 10.9. The third kappa shape index (κ3) is 7.04. The Morgan fingerprint density at radius 2 is 1.97 bits per heavy atom. The molecule has 0 unspecified atom stereocenters. The zero-order chi connectivity index (χ0) is 23.8. The predicted molar refractivity (Wildman–Crippen MR) is 127 cm³/mol. The minimum absolute atomic E-state index is 0.0694. The molecule has 3 aromatic rings. The van der Waals surface area contributed by atoms with E-state index in [-0.39, 0.29) is 24.0 Å². The second kappa shape index (κ2) is 11.5. The summed E-state index contributed by atoms with van der Waals surface area (Å²) >= 11 is 1.27. The van der Waals surface area contributed by atoms with E-state index in [9.17, 15) is 14.9 Å². The summed E-state index contributed by atoms with van der Waals surface area (Å²) in [6.07, 6.45) is 0.934. The molecule has 1 amide bonds. The van der Waals surface area contributed by atoms with Crippen molar-refractivity contribution in [2.45, 2.75) is 45.5 Å². The molecule has 0 saturated heterocycles. The number of rotatable bonds is 11. The van der Waals surface area contributed by atoms with Crippen molar-refractivity contribution in [2.75, 3.05) is 11.1 Å². The van der Waals surface area contributed by atoms with Crippen LogP contribution < -0.4 is 10.1 Å². The van der Waals surface area contributed by atoms with Crippen molar-refractivity contribution < 1.29 is 14.5 Å². The zero-order valence-corrected chi connectivity index (χ0v) is 19.7. The van der Waals surface area contributed by atoms with Crippen molar-refractivity contribution >= 4 is 29.0 Å². The lowest BCUT2D eigenvalue weighted by Crippen LogP contribution is -2.16. The van der Waals surface area contributed by atoms with Crippen LogP contribution in [0.25, 0.3) is 0 Å². The molecule has 174 valence electrons. The van der Waals surface area contributed by atoms with Gasteiger partial charge in [0.15, 0.2) is 11.0 Å². The number of aryl methyl sites for hydroxylation is 1. The third-order valence-corrected chi connectivity index (χ3v) is 5.84. The molecule has 2 aromatic carbocycles. The third-order valence-electron chi connectivity index (χ3n) is 4.87. The van der Waals surface area contributed by atoms with Crippen molar-refractivity contribution in [1.29, 1.82) is 0 Å². The number of aromatic nitrogens is 3. The van der Waals surface area contributed by atoms with Gasteiger partial charge in [-0.1, -0.05) is 49.9 Å². The molecular formula is C23H27N5O4S. The van der Waals surface area contributed by atoms with E-state index in [4.69, 9.17) is 4.74 Å². The number of hydrogen-bond acceptors (Lipinski definition) is 7. The first-order chi connectivity index (χ1) is 15.8. The van der Waals surface area contributed by atoms with Crippen LogP contribution in [-0.4, -0.2) is 31.3 Å². The Morgan fingerprint density at radius 1 is 1.21 bits per heavy atom. The number of benzene rings is 2. The van der Waals surface area contributed by atoms with Gasteiger partial charge in [0.25, 0.3) is 5.69 Å². The van der Waals surface area contributed by atoms with Crippen LogP contribution >= 0.6 is 11.8 Å². The van der Waals surface area contributed by atoms with Gasteiger partial charge in [-0.25, -0.2) is 0 Å². The minimum atomic E-state index is -0.486. The zero-order valence-electron chi connectivity index (χ0n) is 18.9. The number of hydrogen-bond donors (Lipinski definition) is 1. The van der Waals surface area contributed by atoms with Gasteiger partial charge in [-0.15, -0.1) is 10.2 Å². The monoisotopic (exact) mass is 469 g/mol. The van der Waals surface area contributed by atoms with E-state index in [0.29, 0.717) is 29.1 Å². The average molecular weight is 470 g/mol. The van der Waals surface area contributed by atoms with Crippen LogP contribution in [0.2, 0.25) is 0 Å². The highest BCUT2D eigenvalue weighted by molar-refractivity contribution is 7.99. The first kappa shape index (κ1) is 24.2. The molecule has 0 aliphatic carbocycles. The fourth-order valence-electron chi connectivity index (χ4n) is 2.98. The summed E-state index contributed by atoms with van der Waals surface area (Å²) in [5, 5.41) is 22.9. The van der Waals surface area contributed by atoms with Gasteiger partial charge in [0.05, 0.1) is 16.4 Å². The molecule has 0 bridgehead atoms. The number of nitrogens with one attached hydrogen (secondary N) is 1. The average Bonchev–Trinajstić information content (AvgIpc) is 3.18. The van der Waals surface area contributed by atoms with E-state index >= 15 is 0 Å². The van der Waals surface area contributed by atoms with Crippen LogP contribution in [0.15, 0.2) is 53.7 Å². The maximum atomic E-state index is 12.5. The van der Waals surface area contributed by atoms with Crippen LogP contribution in [-0.2, 0) is 17.9 Å². The van der Waals surface area contributed by atoms with Crippen LogP contribution in [0.5, 0.6) is 5.75 Å². The lowest BCUT2D eigenvalue weighted by Gasteiger charge is -2.12. The van der Waals surface area contributed by atoms with E-state index in [2.05, 4.69) is 29.4 Å². The van der Waals surface area contributed by atoms with Crippen LogP contribution in [0.1, 0.15) is 31.7 Å². The van der Waals surface area contributed by atoms with Crippen molar-refractivity contribution in [3.63, 3.8) is 0 Å². The van der Waals surface area contributed by atoms with E-state index in [1.165, 1.54) is 23.9 Å². The SMILES string of the molecule is Cc1ccc([N+](=O)[O-])cc1NC(=O)CSc1nnc(COc2ccccc2)n1CCC(C)C. The molecule has 1 N–H and O–H groups in total. The smallest absolute Gasteiger partial charge is 0.271 e. The molecule has 0 radical (unpaired) electrons. The minimum Gasteiger partial charge on any atom is -0.486 e. The van der Waals surface area contributed by atoms with Gasteiger partial charge in [0, 0.05) is 18.7 Å². The molecule has 1 aromatic heterocycles. The molecule has 0 atom stereocenters. The summed E-state index contributed by atoms with van der Waals surface area (Å²) in [4.78, 5) is 23.1. The number of non-ortho nitro benzene ring substituents is 1. The van der Waals surface area contributed by atoms with Gasteiger partial charge in [0.2, 0.25) is 5.91 Å². The van der Waals surface area contributed by atoms with Gasteiger partial charge < -0.3 is 14.6 Å². The maximum absolute atomic E-state index is 12.5. The Balaban J connectivity index is 1.66. The fourth-order valence-corrected chi connectivity index (χ4v) is 3.77. The number of nitro benzene ring substituents is 1. The van der Waals surface area contributed by atoms with Crippen LogP contribution in [0, 0.1) is 23.0 Å². The number of nitro groups is 1. The molecule has 0 fully saturated rings. The highest BCUT2D eigenvalue weighted by Gasteiger charge is 2.16.